The number of halogens is 1. The molecule has 1 rings (SSSR count). The summed E-state index contributed by atoms with van der Waals surface area (Å²) in [6.45, 7) is 7.64. The Kier molecular flexibility index (Phi) is 5.86. The number of aryl methyl sites for hydroxylation is 1. The Bertz CT molecular complexity index is 323. The first-order valence-corrected chi connectivity index (χ1v) is 6.56. The smallest absolute Gasteiger partial charge is 0.0408 e. The van der Waals surface area contributed by atoms with Crippen molar-refractivity contribution in [2.24, 2.45) is 0 Å². The van der Waals surface area contributed by atoms with Crippen LogP contribution in [0.2, 0.25) is 5.02 Å². The zero-order chi connectivity index (χ0) is 12.0. The molecule has 1 aromatic carbocycles. The Morgan fingerprint density at radius 3 is 2.56 bits per heavy atom. The molecule has 0 aliphatic rings. The van der Waals surface area contributed by atoms with Gasteiger partial charge in [-0.3, -0.25) is 0 Å². The van der Waals surface area contributed by atoms with Crippen LogP contribution in [0.15, 0.2) is 18.2 Å². The van der Waals surface area contributed by atoms with Crippen LogP contribution in [-0.4, -0.2) is 6.54 Å². The largest absolute Gasteiger partial charge is 0.310 e. The summed E-state index contributed by atoms with van der Waals surface area (Å²) in [5.41, 5.74) is 2.68. The van der Waals surface area contributed by atoms with E-state index in [-0.39, 0.29) is 0 Å². The van der Waals surface area contributed by atoms with E-state index in [1.807, 2.05) is 12.1 Å². The number of rotatable bonds is 6. The molecule has 1 unspecified atom stereocenters. The van der Waals surface area contributed by atoms with Gasteiger partial charge in [0.2, 0.25) is 0 Å². The van der Waals surface area contributed by atoms with E-state index in [4.69, 9.17) is 11.6 Å². The highest BCUT2D eigenvalue weighted by Gasteiger charge is 2.11. The zero-order valence-corrected chi connectivity index (χ0v) is 11.3. The van der Waals surface area contributed by atoms with Crippen molar-refractivity contribution < 1.29 is 0 Å². The van der Waals surface area contributed by atoms with Gasteiger partial charge >= 0.3 is 0 Å². The molecule has 1 atom stereocenters. The first-order valence-electron chi connectivity index (χ1n) is 6.18. The average molecular weight is 240 g/mol. The Morgan fingerprint density at radius 2 is 2.00 bits per heavy atom. The van der Waals surface area contributed by atoms with Gasteiger partial charge in [0.1, 0.15) is 0 Å². The number of benzene rings is 1. The topological polar surface area (TPSA) is 12.0 Å². The molecule has 1 N–H and O–H groups in total. The minimum Gasteiger partial charge on any atom is -0.310 e. The van der Waals surface area contributed by atoms with Gasteiger partial charge in [-0.15, -0.1) is 0 Å². The predicted molar refractivity (Wildman–Crippen MR) is 72.1 cm³/mol. The molecule has 1 nitrogen and oxygen atoms in total. The predicted octanol–water partition coefficient (Wildman–Crippen LogP) is 4.49. The molecule has 0 radical (unpaired) electrons. The van der Waals surface area contributed by atoms with Gasteiger partial charge in [0.05, 0.1) is 0 Å². The normalized spacial score (nSPS) is 12.8. The number of hydrogen-bond acceptors (Lipinski definition) is 1. The summed E-state index contributed by atoms with van der Waals surface area (Å²) >= 11 is 5.98. The van der Waals surface area contributed by atoms with Crippen molar-refractivity contribution >= 4 is 11.6 Å². The third kappa shape index (κ3) is 3.80. The van der Waals surface area contributed by atoms with Crippen LogP contribution < -0.4 is 5.32 Å². The molecule has 0 saturated carbocycles. The van der Waals surface area contributed by atoms with E-state index in [0.29, 0.717) is 6.04 Å². The second kappa shape index (κ2) is 6.93. The fraction of sp³-hybridized carbons (Fsp3) is 0.571. The molecule has 0 saturated heterocycles. The van der Waals surface area contributed by atoms with Crippen LogP contribution in [-0.2, 0) is 0 Å². The molecular weight excluding hydrogens is 218 g/mol. The molecule has 0 bridgehead atoms. The third-order valence-electron chi connectivity index (χ3n) is 2.83. The van der Waals surface area contributed by atoms with Crippen LogP contribution in [0.5, 0.6) is 0 Å². The fourth-order valence-corrected chi connectivity index (χ4v) is 2.23. The Hall–Kier alpha value is -0.530. The van der Waals surface area contributed by atoms with E-state index in [0.717, 1.165) is 11.6 Å². The lowest BCUT2D eigenvalue weighted by Crippen LogP contribution is -2.22. The Morgan fingerprint density at radius 1 is 1.25 bits per heavy atom. The van der Waals surface area contributed by atoms with Gasteiger partial charge in [0.15, 0.2) is 0 Å². The summed E-state index contributed by atoms with van der Waals surface area (Å²) in [5, 5.41) is 4.43. The van der Waals surface area contributed by atoms with Crippen molar-refractivity contribution in [2.45, 2.75) is 46.1 Å². The van der Waals surface area contributed by atoms with E-state index in [1.165, 1.54) is 30.4 Å². The van der Waals surface area contributed by atoms with Crippen LogP contribution in [0.1, 0.15) is 50.3 Å². The lowest BCUT2D eigenvalue weighted by atomic mass is 9.97. The minimum atomic E-state index is 0.474. The van der Waals surface area contributed by atoms with Crippen molar-refractivity contribution in [1.82, 2.24) is 5.32 Å². The average Bonchev–Trinajstić information content (AvgIpc) is 2.25. The molecule has 0 aliphatic heterocycles. The van der Waals surface area contributed by atoms with E-state index < -0.39 is 0 Å². The maximum atomic E-state index is 5.98. The number of nitrogens with one attached hydrogen (secondary N) is 1. The van der Waals surface area contributed by atoms with Gasteiger partial charge in [-0.1, -0.05) is 37.9 Å². The molecule has 16 heavy (non-hydrogen) atoms. The first kappa shape index (κ1) is 13.5. The van der Waals surface area contributed by atoms with Gasteiger partial charge in [-0.25, -0.2) is 0 Å². The van der Waals surface area contributed by atoms with E-state index in [9.17, 15) is 0 Å². The monoisotopic (exact) mass is 239 g/mol. The Labute approximate surface area is 104 Å². The lowest BCUT2D eigenvalue weighted by molar-refractivity contribution is 0.492. The van der Waals surface area contributed by atoms with Gasteiger partial charge < -0.3 is 5.32 Å². The first-order chi connectivity index (χ1) is 7.69. The summed E-state index contributed by atoms with van der Waals surface area (Å²) in [7, 11) is 0. The maximum absolute atomic E-state index is 5.98. The molecule has 0 amide bonds. The molecular formula is C14H22ClN. The van der Waals surface area contributed by atoms with Crippen LogP contribution >= 0.6 is 11.6 Å². The molecule has 1 aromatic rings. The zero-order valence-electron chi connectivity index (χ0n) is 10.5. The molecule has 0 fully saturated rings. The van der Waals surface area contributed by atoms with E-state index in [2.05, 4.69) is 32.2 Å². The minimum absolute atomic E-state index is 0.474. The number of hydrogen-bond donors (Lipinski definition) is 1. The van der Waals surface area contributed by atoms with E-state index in [1.54, 1.807) is 0 Å². The van der Waals surface area contributed by atoms with Crippen LogP contribution in [0.4, 0.5) is 0 Å². The Balaban J connectivity index is 2.82. The van der Waals surface area contributed by atoms with Crippen LogP contribution in [0.3, 0.4) is 0 Å². The second-order valence-electron chi connectivity index (χ2n) is 4.30. The lowest BCUT2D eigenvalue weighted by Gasteiger charge is -2.20. The van der Waals surface area contributed by atoms with Crippen molar-refractivity contribution in [3.63, 3.8) is 0 Å². The standard InChI is InChI=1S/C14H22ClN/c1-4-6-14(16-9-5-2)13-8-7-12(15)10-11(13)3/h7-8,10,14,16H,4-6,9H2,1-3H3. The SMILES string of the molecule is CCCNC(CCC)c1ccc(Cl)cc1C. The maximum Gasteiger partial charge on any atom is 0.0408 e. The van der Waals surface area contributed by atoms with Crippen molar-refractivity contribution in [3.8, 4) is 0 Å². The van der Waals surface area contributed by atoms with Crippen LogP contribution in [0, 0.1) is 6.92 Å². The molecule has 0 spiro atoms. The molecule has 0 heterocycles. The molecule has 90 valence electrons. The molecule has 0 aliphatic carbocycles. The summed E-state index contributed by atoms with van der Waals surface area (Å²) in [6.07, 6.45) is 3.55. The quantitative estimate of drug-likeness (QED) is 0.771. The highest BCUT2D eigenvalue weighted by atomic mass is 35.5. The van der Waals surface area contributed by atoms with Gasteiger partial charge in [-0.2, -0.15) is 0 Å². The van der Waals surface area contributed by atoms with Gasteiger partial charge in [0, 0.05) is 11.1 Å². The summed E-state index contributed by atoms with van der Waals surface area (Å²) in [6, 6.07) is 6.66. The van der Waals surface area contributed by atoms with Gasteiger partial charge in [-0.05, 0) is 49.6 Å². The highest BCUT2D eigenvalue weighted by molar-refractivity contribution is 6.30. The second-order valence-corrected chi connectivity index (χ2v) is 4.73. The summed E-state index contributed by atoms with van der Waals surface area (Å²) < 4.78 is 0. The van der Waals surface area contributed by atoms with E-state index >= 15 is 0 Å². The molecule has 0 aromatic heterocycles. The highest BCUT2D eigenvalue weighted by Crippen LogP contribution is 2.24. The van der Waals surface area contributed by atoms with Gasteiger partial charge in [0.25, 0.3) is 0 Å². The van der Waals surface area contributed by atoms with Crippen molar-refractivity contribution in [1.29, 1.82) is 0 Å². The van der Waals surface area contributed by atoms with Crippen molar-refractivity contribution in [3.05, 3.63) is 34.3 Å². The summed E-state index contributed by atoms with van der Waals surface area (Å²) in [4.78, 5) is 0. The van der Waals surface area contributed by atoms with Crippen LogP contribution in [0.25, 0.3) is 0 Å². The van der Waals surface area contributed by atoms with Crippen molar-refractivity contribution in [2.75, 3.05) is 6.54 Å². The third-order valence-corrected chi connectivity index (χ3v) is 3.06. The fourth-order valence-electron chi connectivity index (χ4n) is 2.00. The summed E-state index contributed by atoms with van der Waals surface area (Å²) in [5.74, 6) is 0. The molecule has 2 heteroatoms.